The number of aliphatic hydroxyl groups excluding tert-OH is 3. The normalized spacial score (nSPS) is 37.2. The second-order valence-corrected chi connectivity index (χ2v) is 19.8. The number of amides is 2. The minimum absolute atomic E-state index is 0.00930. The van der Waals surface area contributed by atoms with E-state index in [9.17, 15) is 49.2 Å². The summed E-state index contributed by atoms with van der Waals surface area (Å²) in [5.41, 5.74) is 7.65. The number of carbonyl (C=O) groups is 6. The number of nitrogens with one attached hydrogen (secondary N) is 1. The van der Waals surface area contributed by atoms with Gasteiger partial charge in [-0.2, -0.15) is 0 Å². The number of allylic oxidation sites excluding steroid dienone is 6. The predicted octanol–water partition coefficient (Wildman–Crippen LogP) is 3.93. The highest BCUT2D eigenvalue weighted by Gasteiger charge is 2.53. The number of cyclic esters (lactones) is 1. The summed E-state index contributed by atoms with van der Waals surface area (Å²) >= 11 is 0. The number of aliphatic hydroxyl groups is 4. The van der Waals surface area contributed by atoms with Gasteiger partial charge in [-0.3, -0.25) is 19.2 Å². The van der Waals surface area contributed by atoms with Crippen molar-refractivity contribution >= 4 is 35.3 Å². The number of hydrogen-bond donors (Lipinski definition) is 6. The third-order valence-electron chi connectivity index (χ3n) is 14.3. The van der Waals surface area contributed by atoms with E-state index in [-0.39, 0.29) is 56.2 Å². The third kappa shape index (κ3) is 15.7. The van der Waals surface area contributed by atoms with Crippen LogP contribution in [0.15, 0.2) is 47.6 Å². The summed E-state index contributed by atoms with van der Waals surface area (Å²) in [6.07, 6.45) is 12.0. The van der Waals surface area contributed by atoms with Crippen molar-refractivity contribution in [2.24, 2.45) is 35.3 Å². The Kier molecular flexibility index (Phi) is 22.0. The fourth-order valence-electron chi connectivity index (χ4n) is 9.89. The van der Waals surface area contributed by atoms with Crippen molar-refractivity contribution in [2.75, 3.05) is 20.3 Å². The SMILES string of the molecule is C#CCOC(=O)NC1C[C@@H]2CC[C@@H](C)[C@@](O)(O2)C(=O)C(=O)N2CCCC[C@H]2C(=O)O[C@H]([C@H](N)C[C@@H]2CC[C@@H](O)[C@H](OC)C2)CC(=O)[C@H](C)/C=C(\C)[C@@H](O)[C@@H](O)C(=O)[C@H](C)C[C@H](C)/C=C/C=CC=C1C. The van der Waals surface area contributed by atoms with Gasteiger partial charge in [0.2, 0.25) is 5.79 Å². The van der Waals surface area contributed by atoms with Gasteiger partial charge in [0.15, 0.2) is 12.4 Å². The highest BCUT2D eigenvalue weighted by atomic mass is 16.6. The molecule has 0 spiro atoms. The molecule has 2 bridgehead atoms. The monoisotopic (exact) mass is 968 g/mol. The number of alkyl carbamates (subject to hydrolysis) is 1. The maximum Gasteiger partial charge on any atom is 0.408 e. The number of ketones is 3. The van der Waals surface area contributed by atoms with Crippen LogP contribution in [-0.4, -0.2) is 141 Å². The molecule has 0 aromatic carbocycles. The highest BCUT2D eigenvalue weighted by Crippen LogP contribution is 2.37. The van der Waals surface area contributed by atoms with Crippen molar-refractivity contribution in [1.82, 2.24) is 10.2 Å². The maximum absolute atomic E-state index is 14.3. The number of methoxy groups -OCH3 is 1. The van der Waals surface area contributed by atoms with E-state index in [0.29, 0.717) is 56.9 Å². The Morgan fingerprint density at radius 3 is 2.38 bits per heavy atom. The molecule has 17 nitrogen and oxygen atoms in total. The molecule has 0 aromatic heterocycles. The average molecular weight is 968 g/mol. The molecule has 3 aliphatic heterocycles. The summed E-state index contributed by atoms with van der Waals surface area (Å²) in [6, 6.07) is -2.90. The van der Waals surface area contributed by atoms with E-state index in [1.54, 1.807) is 52.0 Å². The number of hydrogen-bond acceptors (Lipinski definition) is 15. The molecule has 3 heterocycles. The first kappa shape index (κ1) is 57.0. The quantitative estimate of drug-likeness (QED) is 0.0954. The lowest BCUT2D eigenvalue weighted by Gasteiger charge is -2.43. The molecule has 1 saturated carbocycles. The van der Waals surface area contributed by atoms with Gasteiger partial charge in [0.25, 0.3) is 11.7 Å². The van der Waals surface area contributed by atoms with Gasteiger partial charge in [0.05, 0.1) is 24.4 Å². The fourth-order valence-corrected chi connectivity index (χ4v) is 9.89. The average Bonchev–Trinajstić information content (AvgIpc) is 3.32. The topological polar surface area (TPSA) is 262 Å². The van der Waals surface area contributed by atoms with E-state index in [1.165, 1.54) is 20.1 Å². The number of carbonyl (C=O) groups excluding carboxylic acids is 6. The van der Waals surface area contributed by atoms with Crippen LogP contribution in [-0.2, 0) is 42.9 Å². The second kappa shape index (κ2) is 26.6. The van der Waals surface area contributed by atoms with Crippen LogP contribution in [0.1, 0.15) is 119 Å². The number of terminal acetylenes is 1. The summed E-state index contributed by atoms with van der Waals surface area (Å²) in [5.74, 6) is -7.14. The van der Waals surface area contributed by atoms with Gasteiger partial charge in [-0.15, -0.1) is 6.42 Å². The molecular formula is C52H77N3O14. The smallest absolute Gasteiger partial charge is 0.408 e. The molecule has 3 fully saturated rings. The molecular weight excluding hydrogens is 891 g/mol. The Balaban J connectivity index is 1.72. The van der Waals surface area contributed by atoms with Crippen LogP contribution >= 0.6 is 0 Å². The first-order valence-corrected chi connectivity index (χ1v) is 24.5. The molecule has 384 valence electrons. The summed E-state index contributed by atoms with van der Waals surface area (Å²) in [7, 11) is 1.51. The van der Waals surface area contributed by atoms with Crippen molar-refractivity contribution in [3.8, 4) is 12.3 Å². The standard InChI is InChI=1S/C52H77N3O14/c1-9-23-67-51(64)54-39-28-37-20-18-35(7)52(65,69-37)48(61)49(62)55-22-14-13-17-40(55)50(63)68-43(38(53)26-36-19-21-41(56)44(27-36)66-8)29-42(57)32(4)25-34(6)46(59)47(60)45(58)33(5)24-30(2)15-11-10-12-16-31(39)3/h1,10-12,15-16,25,30,32-33,35-41,43-44,46-47,56,59-60,65H,13-14,17-24,26-29,53H2,2-8H3,(H,54,64)/b12-10?,15-11+,31-16?,34-25+/t30-,32-,33-,35-,36+,37+,38-,39?,40+,41-,43+,44-,46-,47+,52-/m1/s1. The summed E-state index contributed by atoms with van der Waals surface area (Å²) in [5, 5.41) is 47.4. The lowest BCUT2D eigenvalue weighted by atomic mass is 9.80. The molecule has 69 heavy (non-hydrogen) atoms. The molecule has 15 atom stereocenters. The molecule has 7 N–H and O–H groups in total. The van der Waals surface area contributed by atoms with Crippen LogP contribution in [0.5, 0.6) is 0 Å². The molecule has 2 saturated heterocycles. The molecule has 0 aromatic rings. The first-order chi connectivity index (χ1) is 32.6. The van der Waals surface area contributed by atoms with E-state index in [2.05, 4.69) is 11.2 Å². The summed E-state index contributed by atoms with van der Waals surface area (Å²) in [4.78, 5) is 84.2. The van der Waals surface area contributed by atoms with E-state index in [1.807, 2.05) is 13.0 Å². The van der Waals surface area contributed by atoms with Crippen molar-refractivity contribution in [3.63, 3.8) is 0 Å². The molecule has 4 rings (SSSR count). The first-order valence-electron chi connectivity index (χ1n) is 24.5. The molecule has 1 unspecified atom stereocenters. The van der Waals surface area contributed by atoms with Gasteiger partial charge >= 0.3 is 12.1 Å². The lowest BCUT2D eigenvalue weighted by molar-refractivity contribution is -0.264. The van der Waals surface area contributed by atoms with Crippen LogP contribution < -0.4 is 11.1 Å². The number of Topliss-reactive ketones (excluding diaryl/α,β-unsaturated/α-hetero) is 3. The summed E-state index contributed by atoms with van der Waals surface area (Å²) < 4.78 is 22.8. The van der Waals surface area contributed by atoms with Crippen LogP contribution in [0.25, 0.3) is 0 Å². The Bertz CT molecular complexity index is 1980. The molecule has 2 amide bonds. The zero-order valence-corrected chi connectivity index (χ0v) is 41.4. The summed E-state index contributed by atoms with van der Waals surface area (Å²) in [6.45, 7) is 9.73. The Labute approximate surface area is 407 Å². The molecule has 1 aliphatic carbocycles. The van der Waals surface area contributed by atoms with Crippen molar-refractivity contribution in [3.05, 3.63) is 47.6 Å². The minimum Gasteiger partial charge on any atom is -0.459 e. The largest absolute Gasteiger partial charge is 0.459 e. The third-order valence-corrected chi connectivity index (χ3v) is 14.3. The highest BCUT2D eigenvalue weighted by molar-refractivity contribution is 6.39. The number of nitrogens with zero attached hydrogens (tertiary/aromatic N) is 1. The number of rotatable bonds is 6. The van der Waals surface area contributed by atoms with E-state index in [0.717, 1.165) is 4.90 Å². The minimum atomic E-state index is -2.58. The predicted molar refractivity (Wildman–Crippen MR) is 255 cm³/mol. The molecule has 4 aliphatic rings. The van der Waals surface area contributed by atoms with Gasteiger partial charge in [0.1, 0.15) is 30.1 Å². The van der Waals surface area contributed by atoms with Gasteiger partial charge in [0, 0.05) is 43.9 Å². The van der Waals surface area contributed by atoms with Crippen LogP contribution in [0.2, 0.25) is 0 Å². The van der Waals surface area contributed by atoms with E-state index >= 15 is 0 Å². The van der Waals surface area contributed by atoms with Crippen molar-refractivity contribution in [1.29, 1.82) is 0 Å². The van der Waals surface area contributed by atoms with Gasteiger partial charge in [-0.25, -0.2) is 9.59 Å². The Morgan fingerprint density at radius 2 is 1.68 bits per heavy atom. The molecule has 0 radical (unpaired) electrons. The van der Waals surface area contributed by atoms with E-state index < -0.39 is 114 Å². The van der Waals surface area contributed by atoms with Crippen molar-refractivity contribution < 1.29 is 68.1 Å². The zero-order chi connectivity index (χ0) is 51.2. The zero-order valence-electron chi connectivity index (χ0n) is 41.4. The van der Waals surface area contributed by atoms with Crippen LogP contribution in [0.4, 0.5) is 4.79 Å². The Hall–Kier alpha value is -4.54. The molecule has 17 heteroatoms. The van der Waals surface area contributed by atoms with Gasteiger partial charge in [-0.05, 0) is 102 Å². The number of esters is 1. The van der Waals surface area contributed by atoms with Crippen LogP contribution in [0, 0.1) is 41.9 Å². The number of piperidine rings is 1. The number of nitrogens with two attached hydrogens (primary N) is 1. The second-order valence-electron chi connectivity index (χ2n) is 19.8. The Morgan fingerprint density at radius 1 is 0.957 bits per heavy atom. The fraction of sp³-hybridized carbons (Fsp3) is 0.692. The number of ether oxygens (including phenoxy) is 4. The lowest BCUT2D eigenvalue weighted by Crippen LogP contribution is -2.61. The van der Waals surface area contributed by atoms with Gasteiger partial charge in [-0.1, -0.05) is 75.6 Å². The van der Waals surface area contributed by atoms with Crippen LogP contribution in [0.3, 0.4) is 0 Å². The van der Waals surface area contributed by atoms with Gasteiger partial charge < -0.3 is 55.3 Å². The van der Waals surface area contributed by atoms with Crippen molar-refractivity contribution in [2.45, 2.75) is 179 Å². The van der Waals surface area contributed by atoms with E-state index in [4.69, 9.17) is 31.1 Å². The maximum atomic E-state index is 14.3. The number of fused-ring (bicyclic) bond motifs is 3.